The highest BCUT2D eigenvalue weighted by molar-refractivity contribution is 5.14. The summed E-state index contributed by atoms with van der Waals surface area (Å²) in [6.45, 7) is 6.26. The van der Waals surface area contributed by atoms with Gasteiger partial charge in [-0.15, -0.1) is 0 Å². The van der Waals surface area contributed by atoms with Gasteiger partial charge < -0.3 is 10.7 Å². The molecule has 0 saturated heterocycles. The lowest BCUT2D eigenvalue weighted by Gasteiger charge is -2.05. The van der Waals surface area contributed by atoms with E-state index in [2.05, 4.69) is 30.7 Å². The summed E-state index contributed by atoms with van der Waals surface area (Å²) in [5.41, 5.74) is 8.17. The van der Waals surface area contributed by atoms with Crippen LogP contribution in [0.1, 0.15) is 37.5 Å². The lowest BCUT2D eigenvalue weighted by Crippen LogP contribution is -2.21. The van der Waals surface area contributed by atoms with E-state index in [0.29, 0.717) is 0 Å². The number of aryl methyl sites for hydroxylation is 2. The highest BCUT2D eigenvalue weighted by atomic mass is 14.9. The summed E-state index contributed by atoms with van der Waals surface area (Å²) < 4.78 is 0. The molecule has 0 aromatic carbocycles. The highest BCUT2D eigenvalue weighted by Crippen LogP contribution is 2.08. The van der Waals surface area contributed by atoms with Gasteiger partial charge in [-0.3, -0.25) is 0 Å². The van der Waals surface area contributed by atoms with Crippen LogP contribution in [0, 0.1) is 6.92 Å². The number of hydrogen-bond donors (Lipinski definition) is 2. The van der Waals surface area contributed by atoms with Gasteiger partial charge in [-0.05, 0) is 13.3 Å². The number of nitrogens with zero attached hydrogens (tertiary/aromatic N) is 1. The van der Waals surface area contributed by atoms with Crippen molar-refractivity contribution in [3.05, 3.63) is 17.2 Å². The van der Waals surface area contributed by atoms with Crippen LogP contribution in [0.15, 0.2) is 0 Å². The zero-order chi connectivity index (χ0) is 9.84. The molecule has 0 amide bonds. The number of rotatable bonds is 4. The van der Waals surface area contributed by atoms with Crippen LogP contribution in [0.4, 0.5) is 0 Å². The molecule has 74 valence electrons. The van der Waals surface area contributed by atoms with Crippen molar-refractivity contribution in [3.63, 3.8) is 0 Å². The molecule has 0 aliphatic heterocycles. The Morgan fingerprint density at radius 2 is 2.15 bits per heavy atom. The quantitative estimate of drug-likeness (QED) is 0.740. The Kier molecular flexibility index (Phi) is 3.48. The van der Waals surface area contributed by atoms with Crippen LogP contribution in [0.25, 0.3) is 0 Å². The molecule has 0 aliphatic rings. The number of nitrogens with one attached hydrogen (secondary N) is 1. The van der Waals surface area contributed by atoms with Crippen molar-refractivity contribution in [2.24, 2.45) is 5.73 Å². The molecule has 13 heavy (non-hydrogen) atoms. The summed E-state index contributed by atoms with van der Waals surface area (Å²) in [5, 5.41) is 0. The lowest BCUT2D eigenvalue weighted by molar-refractivity contribution is 0.635. The molecule has 3 nitrogen and oxygen atoms in total. The van der Waals surface area contributed by atoms with Crippen molar-refractivity contribution in [3.8, 4) is 0 Å². The second-order valence-corrected chi connectivity index (χ2v) is 3.48. The van der Waals surface area contributed by atoms with E-state index < -0.39 is 0 Å². The number of H-pyrrole nitrogens is 1. The smallest absolute Gasteiger partial charge is 0.106 e. The maximum Gasteiger partial charge on any atom is 0.106 e. The lowest BCUT2D eigenvalue weighted by atomic mass is 10.1. The highest BCUT2D eigenvalue weighted by Gasteiger charge is 2.08. The zero-order valence-electron chi connectivity index (χ0n) is 8.72. The van der Waals surface area contributed by atoms with Gasteiger partial charge in [0.05, 0.1) is 5.69 Å². The summed E-state index contributed by atoms with van der Waals surface area (Å²) in [7, 11) is 0. The van der Waals surface area contributed by atoms with Gasteiger partial charge in [0, 0.05) is 24.6 Å². The van der Waals surface area contributed by atoms with Crippen LogP contribution in [-0.4, -0.2) is 16.0 Å². The third-order valence-electron chi connectivity index (χ3n) is 2.35. The van der Waals surface area contributed by atoms with Crippen LogP contribution < -0.4 is 5.73 Å². The SMILES string of the molecule is CCc1nc(CC(N)CC)c(C)[nH]1. The third-order valence-corrected chi connectivity index (χ3v) is 2.35. The normalized spacial score (nSPS) is 13.2. The van der Waals surface area contributed by atoms with Crippen LogP contribution in [0.5, 0.6) is 0 Å². The van der Waals surface area contributed by atoms with Crippen molar-refractivity contribution in [2.45, 2.75) is 46.1 Å². The molecule has 1 unspecified atom stereocenters. The van der Waals surface area contributed by atoms with E-state index >= 15 is 0 Å². The fourth-order valence-corrected chi connectivity index (χ4v) is 1.32. The first-order chi connectivity index (χ1) is 6.17. The number of imidazole rings is 1. The van der Waals surface area contributed by atoms with E-state index in [1.165, 1.54) is 5.69 Å². The van der Waals surface area contributed by atoms with Crippen molar-refractivity contribution in [1.29, 1.82) is 0 Å². The molecule has 1 aromatic heterocycles. The monoisotopic (exact) mass is 181 g/mol. The molecule has 0 fully saturated rings. The van der Waals surface area contributed by atoms with E-state index in [4.69, 9.17) is 5.73 Å². The van der Waals surface area contributed by atoms with Crippen LogP contribution in [-0.2, 0) is 12.8 Å². The molecule has 3 N–H and O–H groups in total. The molecular weight excluding hydrogens is 162 g/mol. The fourth-order valence-electron chi connectivity index (χ4n) is 1.32. The molecule has 1 aromatic rings. The maximum absolute atomic E-state index is 5.87. The molecule has 1 atom stereocenters. The van der Waals surface area contributed by atoms with Gasteiger partial charge in [0.15, 0.2) is 0 Å². The summed E-state index contributed by atoms with van der Waals surface area (Å²) in [6, 6.07) is 0.242. The van der Waals surface area contributed by atoms with Crippen molar-refractivity contribution in [2.75, 3.05) is 0 Å². The van der Waals surface area contributed by atoms with E-state index in [9.17, 15) is 0 Å². The third kappa shape index (κ3) is 2.56. The Hall–Kier alpha value is -0.830. The predicted octanol–water partition coefficient (Wildman–Crippen LogP) is 1.56. The minimum Gasteiger partial charge on any atom is -0.346 e. The first-order valence-electron chi connectivity index (χ1n) is 4.97. The van der Waals surface area contributed by atoms with Gasteiger partial charge in [0.25, 0.3) is 0 Å². The average Bonchev–Trinajstić information content (AvgIpc) is 2.47. The first kappa shape index (κ1) is 10.3. The molecule has 0 radical (unpaired) electrons. The largest absolute Gasteiger partial charge is 0.346 e. The molecule has 0 aliphatic carbocycles. The molecule has 3 heteroatoms. The Labute approximate surface area is 79.8 Å². The molecule has 1 heterocycles. The Balaban J connectivity index is 2.70. The second-order valence-electron chi connectivity index (χ2n) is 3.48. The Morgan fingerprint density at radius 3 is 2.62 bits per heavy atom. The zero-order valence-corrected chi connectivity index (χ0v) is 8.72. The number of aromatic nitrogens is 2. The summed E-state index contributed by atoms with van der Waals surface area (Å²) >= 11 is 0. The Bertz CT molecular complexity index is 265. The molecule has 0 saturated carbocycles. The standard InChI is InChI=1S/C10H19N3/c1-4-8(11)6-9-7(3)12-10(5-2)13-9/h8H,4-6,11H2,1-3H3,(H,12,13). The number of aromatic amines is 1. The first-order valence-corrected chi connectivity index (χ1v) is 4.97. The van der Waals surface area contributed by atoms with E-state index in [-0.39, 0.29) is 6.04 Å². The molecule has 0 bridgehead atoms. The molecule has 1 rings (SSSR count). The van der Waals surface area contributed by atoms with Crippen LogP contribution >= 0.6 is 0 Å². The topological polar surface area (TPSA) is 54.7 Å². The number of hydrogen-bond acceptors (Lipinski definition) is 2. The predicted molar refractivity (Wildman–Crippen MR) is 54.7 cm³/mol. The van der Waals surface area contributed by atoms with Gasteiger partial charge in [-0.2, -0.15) is 0 Å². The fraction of sp³-hybridized carbons (Fsp3) is 0.700. The van der Waals surface area contributed by atoms with Gasteiger partial charge in [0.1, 0.15) is 5.82 Å². The summed E-state index contributed by atoms with van der Waals surface area (Å²) in [5.74, 6) is 1.07. The summed E-state index contributed by atoms with van der Waals surface area (Å²) in [4.78, 5) is 7.74. The number of nitrogens with two attached hydrogens (primary N) is 1. The van der Waals surface area contributed by atoms with Crippen LogP contribution in [0.3, 0.4) is 0 Å². The second kappa shape index (κ2) is 4.42. The van der Waals surface area contributed by atoms with Gasteiger partial charge >= 0.3 is 0 Å². The van der Waals surface area contributed by atoms with Crippen molar-refractivity contribution >= 4 is 0 Å². The average molecular weight is 181 g/mol. The minimum atomic E-state index is 0.242. The van der Waals surface area contributed by atoms with E-state index in [1.807, 2.05) is 0 Å². The molecule has 0 spiro atoms. The van der Waals surface area contributed by atoms with Gasteiger partial charge in [-0.25, -0.2) is 4.98 Å². The summed E-state index contributed by atoms with van der Waals surface area (Å²) in [6.07, 6.45) is 2.86. The van der Waals surface area contributed by atoms with Crippen LogP contribution in [0.2, 0.25) is 0 Å². The van der Waals surface area contributed by atoms with Crippen molar-refractivity contribution in [1.82, 2.24) is 9.97 Å². The molecular formula is C10H19N3. The maximum atomic E-state index is 5.87. The minimum absolute atomic E-state index is 0.242. The van der Waals surface area contributed by atoms with Gasteiger partial charge in [0.2, 0.25) is 0 Å². The van der Waals surface area contributed by atoms with E-state index in [0.717, 1.165) is 30.8 Å². The van der Waals surface area contributed by atoms with Gasteiger partial charge in [-0.1, -0.05) is 13.8 Å². The van der Waals surface area contributed by atoms with Crippen molar-refractivity contribution < 1.29 is 0 Å². The Morgan fingerprint density at radius 1 is 1.46 bits per heavy atom. The van der Waals surface area contributed by atoms with E-state index in [1.54, 1.807) is 0 Å².